The Balaban J connectivity index is 2.28. The van der Waals surface area contributed by atoms with Gasteiger partial charge < -0.3 is 14.8 Å². The largest absolute Gasteiger partial charge is 0.497 e. The maximum absolute atomic E-state index is 5.33. The van der Waals surface area contributed by atoms with Crippen molar-refractivity contribution in [3.63, 3.8) is 0 Å². The number of nitrogens with zero attached hydrogens (tertiary/aromatic N) is 1. The average molecular weight is 262 g/mol. The summed E-state index contributed by atoms with van der Waals surface area (Å²) in [6, 6.07) is 6.20. The van der Waals surface area contributed by atoms with E-state index in [-0.39, 0.29) is 6.04 Å². The van der Waals surface area contributed by atoms with E-state index in [1.54, 1.807) is 14.2 Å². The Kier molecular flexibility index (Phi) is 4.82. The second kappa shape index (κ2) is 6.59. The Bertz CT molecular complexity index is 406. The standard InChI is InChI=1S/C15H22N2O2/c1-4-15(17-7-5-16-6-8-17)12-9-13(18-2)11-14(10-12)19-3/h4,9-11,15-16H,1,5-8H2,2-3H3/t15-/m0/s1. The van der Waals surface area contributed by atoms with E-state index in [0.717, 1.165) is 43.2 Å². The lowest BCUT2D eigenvalue weighted by Crippen LogP contribution is -2.44. The molecule has 104 valence electrons. The molecule has 4 nitrogen and oxygen atoms in total. The SMILES string of the molecule is C=C[C@@H](c1cc(OC)cc(OC)c1)N1CCNCC1. The molecular weight excluding hydrogens is 240 g/mol. The van der Waals surface area contributed by atoms with E-state index < -0.39 is 0 Å². The van der Waals surface area contributed by atoms with Crippen molar-refractivity contribution in [2.45, 2.75) is 6.04 Å². The summed E-state index contributed by atoms with van der Waals surface area (Å²) in [5.74, 6) is 1.63. The van der Waals surface area contributed by atoms with Crippen molar-refractivity contribution < 1.29 is 9.47 Å². The highest BCUT2D eigenvalue weighted by atomic mass is 16.5. The number of hydrogen-bond donors (Lipinski definition) is 1. The zero-order valence-electron chi connectivity index (χ0n) is 11.7. The van der Waals surface area contributed by atoms with Gasteiger partial charge >= 0.3 is 0 Å². The zero-order valence-corrected chi connectivity index (χ0v) is 11.7. The highest BCUT2D eigenvalue weighted by molar-refractivity contribution is 5.41. The fourth-order valence-corrected chi connectivity index (χ4v) is 2.46. The van der Waals surface area contributed by atoms with E-state index in [2.05, 4.69) is 28.9 Å². The molecular formula is C15H22N2O2. The number of ether oxygens (including phenoxy) is 2. The molecule has 1 atom stereocenters. The van der Waals surface area contributed by atoms with Crippen LogP contribution in [0.4, 0.5) is 0 Å². The summed E-state index contributed by atoms with van der Waals surface area (Å²) in [4.78, 5) is 2.41. The summed E-state index contributed by atoms with van der Waals surface area (Å²) in [6.45, 7) is 8.07. The van der Waals surface area contributed by atoms with Crippen molar-refractivity contribution in [3.05, 3.63) is 36.4 Å². The van der Waals surface area contributed by atoms with Gasteiger partial charge in [0.15, 0.2) is 0 Å². The molecule has 2 rings (SSSR count). The Morgan fingerprint density at radius 3 is 2.21 bits per heavy atom. The Labute approximate surface area is 115 Å². The van der Waals surface area contributed by atoms with Gasteiger partial charge in [0.25, 0.3) is 0 Å². The molecule has 0 radical (unpaired) electrons. The Morgan fingerprint density at radius 2 is 1.74 bits per heavy atom. The molecule has 1 aromatic carbocycles. The lowest BCUT2D eigenvalue weighted by Gasteiger charge is -2.33. The van der Waals surface area contributed by atoms with Crippen LogP contribution >= 0.6 is 0 Å². The topological polar surface area (TPSA) is 33.7 Å². The van der Waals surface area contributed by atoms with E-state index in [1.807, 2.05) is 12.1 Å². The first-order valence-corrected chi connectivity index (χ1v) is 6.58. The first kappa shape index (κ1) is 13.9. The van der Waals surface area contributed by atoms with E-state index >= 15 is 0 Å². The summed E-state index contributed by atoms with van der Waals surface area (Å²) < 4.78 is 10.7. The molecule has 1 aliphatic rings. The van der Waals surface area contributed by atoms with E-state index in [4.69, 9.17) is 9.47 Å². The predicted octanol–water partition coefficient (Wildman–Crippen LogP) is 1.84. The van der Waals surface area contributed by atoms with Gasteiger partial charge in [-0.3, -0.25) is 4.90 Å². The van der Waals surface area contributed by atoms with E-state index in [9.17, 15) is 0 Å². The van der Waals surface area contributed by atoms with Crippen molar-refractivity contribution in [2.24, 2.45) is 0 Å². The summed E-state index contributed by atoms with van der Waals surface area (Å²) in [6.07, 6.45) is 1.99. The van der Waals surface area contributed by atoms with Gasteiger partial charge in [0.1, 0.15) is 11.5 Å². The van der Waals surface area contributed by atoms with Gasteiger partial charge in [-0.15, -0.1) is 6.58 Å². The molecule has 0 saturated carbocycles. The smallest absolute Gasteiger partial charge is 0.122 e. The molecule has 1 saturated heterocycles. The lowest BCUT2D eigenvalue weighted by atomic mass is 10.0. The van der Waals surface area contributed by atoms with Gasteiger partial charge in [-0.1, -0.05) is 6.08 Å². The van der Waals surface area contributed by atoms with Gasteiger partial charge in [-0.05, 0) is 17.7 Å². The van der Waals surface area contributed by atoms with Crippen LogP contribution in [0.2, 0.25) is 0 Å². The quantitative estimate of drug-likeness (QED) is 0.821. The molecule has 0 bridgehead atoms. The third-order valence-corrected chi connectivity index (χ3v) is 3.48. The monoisotopic (exact) mass is 262 g/mol. The molecule has 1 aromatic rings. The summed E-state index contributed by atoms with van der Waals surface area (Å²) in [7, 11) is 3.35. The van der Waals surface area contributed by atoms with Crippen molar-refractivity contribution in [1.82, 2.24) is 10.2 Å². The number of hydrogen-bond acceptors (Lipinski definition) is 4. The van der Waals surface area contributed by atoms with Crippen LogP contribution in [0, 0.1) is 0 Å². The molecule has 1 heterocycles. The number of rotatable bonds is 5. The average Bonchev–Trinajstić information content (AvgIpc) is 2.48. The molecule has 1 N–H and O–H groups in total. The minimum atomic E-state index is 0.200. The Hall–Kier alpha value is -1.52. The van der Waals surface area contributed by atoms with Crippen LogP contribution in [0.5, 0.6) is 11.5 Å². The number of piperazine rings is 1. The van der Waals surface area contributed by atoms with E-state index in [0.29, 0.717) is 0 Å². The van der Waals surface area contributed by atoms with Gasteiger partial charge in [-0.25, -0.2) is 0 Å². The fourth-order valence-electron chi connectivity index (χ4n) is 2.46. The summed E-state index contributed by atoms with van der Waals surface area (Å²) in [5, 5.41) is 3.36. The van der Waals surface area contributed by atoms with Crippen LogP contribution in [0.25, 0.3) is 0 Å². The maximum Gasteiger partial charge on any atom is 0.122 e. The van der Waals surface area contributed by atoms with Crippen LogP contribution in [-0.2, 0) is 0 Å². The maximum atomic E-state index is 5.33. The first-order chi connectivity index (χ1) is 9.28. The second-order valence-electron chi connectivity index (χ2n) is 4.61. The van der Waals surface area contributed by atoms with Gasteiger partial charge in [0.05, 0.1) is 20.3 Å². The van der Waals surface area contributed by atoms with Crippen LogP contribution in [-0.4, -0.2) is 45.3 Å². The normalized spacial score (nSPS) is 17.8. The molecule has 1 fully saturated rings. The van der Waals surface area contributed by atoms with Gasteiger partial charge in [-0.2, -0.15) is 0 Å². The molecule has 1 aliphatic heterocycles. The minimum Gasteiger partial charge on any atom is -0.497 e. The number of benzene rings is 1. The predicted molar refractivity (Wildman–Crippen MR) is 76.9 cm³/mol. The van der Waals surface area contributed by atoms with Gasteiger partial charge in [0, 0.05) is 32.2 Å². The molecule has 4 heteroatoms. The first-order valence-electron chi connectivity index (χ1n) is 6.58. The Morgan fingerprint density at radius 1 is 1.16 bits per heavy atom. The van der Waals surface area contributed by atoms with Crippen molar-refractivity contribution >= 4 is 0 Å². The summed E-state index contributed by atoms with van der Waals surface area (Å²) >= 11 is 0. The summed E-state index contributed by atoms with van der Waals surface area (Å²) in [5.41, 5.74) is 1.16. The second-order valence-corrected chi connectivity index (χ2v) is 4.61. The van der Waals surface area contributed by atoms with Crippen LogP contribution in [0.3, 0.4) is 0 Å². The van der Waals surface area contributed by atoms with Crippen molar-refractivity contribution in [2.75, 3.05) is 40.4 Å². The fraction of sp³-hybridized carbons (Fsp3) is 0.467. The molecule has 0 unspecified atom stereocenters. The highest BCUT2D eigenvalue weighted by Gasteiger charge is 2.20. The zero-order chi connectivity index (χ0) is 13.7. The molecule has 19 heavy (non-hydrogen) atoms. The highest BCUT2D eigenvalue weighted by Crippen LogP contribution is 2.30. The molecule has 0 aromatic heterocycles. The number of nitrogens with one attached hydrogen (secondary N) is 1. The van der Waals surface area contributed by atoms with Crippen LogP contribution in [0.15, 0.2) is 30.9 Å². The molecule has 0 aliphatic carbocycles. The third-order valence-electron chi connectivity index (χ3n) is 3.48. The third kappa shape index (κ3) is 3.28. The van der Waals surface area contributed by atoms with E-state index in [1.165, 1.54) is 0 Å². The van der Waals surface area contributed by atoms with Crippen molar-refractivity contribution in [1.29, 1.82) is 0 Å². The van der Waals surface area contributed by atoms with Crippen molar-refractivity contribution in [3.8, 4) is 11.5 Å². The van der Waals surface area contributed by atoms with Crippen LogP contribution < -0.4 is 14.8 Å². The minimum absolute atomic E-state index is 0.200. The molecule has 0 spiro atoms. The van der Waals surface area contributed by atoms with Crippen LogP contribution in [0.1, 0.15) is 11.6 Å². The van der Waals surface area contributed by atoms with Gasteiger partial charge in [0.2, 0.25) is 0 Å². The lowest BCUT2D eigenvalue weighted by molar-refractivity contribution is 0.203. The molecule has 0 amide bonds. The number of methoxy groups -OCH3 is 2.